The van der Waals surface area contributed by atoms with Crippen LogP contribution in [0.3, 0.4) is 0 Å². The number of carbonyl (C=O) groups excluding carboxylic acids is 1. The second kappa shape index (κ2) is 11.3. The lowest BCUT2D eigenvalue weighted by Crippen LogP contribution is -2.51. The van der Waals surface area contributed by atoms with Crippen LogP contribution in [0.1, 0.15) is 111 Å². The number of hydrogen-bond donors (Lipinski definition) is 0. The standard InChI is InChI=1S/C36H52O2/c1-25(2)10-9-11-26(3)31-17-18-32-30-16-15-28-24-29(38-34(37)19-14-27-12-7-6-8-13-27)20-22-35(28,4)33(30)21-23-36(31,32)5/h6-8,12-15,19,25-26,29-33H,9-11,16-18,20-24H2,1-5H3/b19-14+/t26?,29-,30-,31+,32-,33-,35-,36+/m0/s1. The van der Waals surface area contributed by atoms with Crippen molar-refractivity contribution in [2.24, 2.45) is 46.3 Å². The van der Waals surface area contributed by atoms with Gasteiger partial charge in [-0.15, -0.1) is 0 Å². The Hall–Kier alpha value is -1.83. The molecule has 0 amide bonds. The maximum Gasteiger partial charge on any atom is 0.331 e. The molecular weight excluding hydrogens is 464 g/mol. The van der Waals surface area contributed by atoms with Crippen LogP contribution in [-0.4, -0.2) is 12.1 Å². The molecule has 3 fully saturated rings. The predicted molar refractivity (Wildman–Crippen MR) is 158 cm³/mol. The summed E-state index contributed by atoms with van der Waals surface area (Å²) in [6, 6.07) is 9.99. The SMILES string of the molecule is CC(C)CCCC(C)[C@H]1CC[C@H]2[C@@H]3CC=C4C[C@@H](OC(=O)/C=C/c5ccccc5)CC[C@]4(C)[C@H]3CC[C@]12C. The van der Waals surface area contributed by atoms with Gasteiger partial charge in [-0.25, -0.2) is 4.79 Å². The average molecular weight is 517 g/mol. The first-order chi connectivity index (χ1) is 18.2. The molecule has 0 N–H and O–H groups in total. The summed E-state index contributed by atoms with van der Waals surface area (Å²) < 4.78 is 5.95. The minimum atomic E-state index is -0.204. The number of hydrogen-bond acceptors (Lipinski definition) is 2. The van der Waals surface area contributed by atoms with Crippen LogP contribution in [0.25, 0.3) is 6.08 Å². The van der Waals surface area contributed by atoms with E-state index >= 15 is 0 Å². The highest BCUT2D eigenvalue weighted by molar-refractivity contribution is 5.87. The molecule has 1 unspecified atom stereocenters. The maximum atomic E-state index is 12.6. The number of ether oxygens (including phenoxy) is 1. The fourth-order valence-corrected chi connectivity index (χ4v) is 9.68. The van der Waals surface area contributed by atoms with Gasteiger partial charge in [0.15, 0.2) is 0 Å². The van der Waals surface area contributed by atoms with Crippen molar-refractivity contribution in [3.8, 4) is 0 Å². The number of benzene rings is 1. The van der Waals surface area contributed by atoms with Gasteiger partial charge in [-0.05, 0) is 103 Å². The van der Waals surface area contributed by atoms with Crippen molar-refractivity contribution >= 4 is 12.0 Å². The van der Waals surface area contributed by atoms with Crippen LogP contribution in [0.2, 0.25) is 0 Å². The van der Waals surface area contributed by atoms with Crippen LogP contribution in [0.4, 0.5) is 0 Å². The summed E-state index contributed by atoms with van der Waals surface area (Å²) in [5.74, 6) is 4.97. The molecule has 8 atom stereocenters. The Bertz CT molecular complexity index is 1020. The smallest absolute Gasteiger partial charge is 0.331 e. The van der Waals surface area contributed by atoms with Crippen LogP contribution in [0.15, 0.2) is 48.1 Å². The van der Waals surface area contributed by atoms with E-state index in [1.807, 2.05) is 36.4 Å². The maximum absolute atomic E-state index is 12.6. The molecule has 1 aromatic carbocycles. The van der Waals surface area contributed by atoms with Crippen LogP contribution >= 0.6 is 0 Å². The first-order valence-electron chi connectivity index (χ1n) is 15.8. The van der Waals surface area contributed by atoms with E-state index in [-0.39, 0.29) is 12.1 Å². The summed E-state index contributed by atoms with van der Waals surface area (Å²) in [4.78, 5) is 12.6. The molecule has 4 aliphatic rings. The first-order valence-corrected chi connectivity index (χ1v) is 15.8. The van der Waals surface area contributed by atoms with E-state index in [1.54, 1.807) is 11.6 Å². The summed E-state index contributed by atoms with van der Waals surface area (Å²) in [5.41, 5.74) is 3.46. The number of allylic oxidation sites excluding steroid dienone is 1. The van der Waals surface area contributed by atoms with Crippen LogP contribution in [0, 0.1) is 46.3 Å². The zero-order valence-corrected chi connectivity index (χ0v) is 24.8. The van der Waals surface area contributed by atoms with Crippen molar-refractivity contribution in [2.45, 2.75) is 111 Å². The normalized spacial score (nSPS) is 37.3. The topological polar surface area (TPSA) is 26.3 Å². The lowest BCUT2D eigenvalue weighted by molar-refractivity contribution is -0.145. The van der Waals surface area contributed by atoms with E-state index in [0.717, 1.165) is 53.9 Å². The van der Waals surface area contributed by atoms with Gasteiger partial charge in [-0.2, -0.15) is 0 Å². The third-order valence-electron chi connectivity index (χ3n) is 11.8. The Morgan fingerprint density at radius 3 is 2.55 bits per heavy atom. The molecule has 1 aromatic rings. The van der Waals surface area contributed by atoms with Gasteiger partial charge in [-0.1, -0.05) is 95.9 Å². The summed E-state index contributed by atoms with van der Waals surface area (Å²) in [7, 11) is 0. The molecule has 0 saturated heterocycles. The van der Waals surface area contributed by atoms with Gasteiger partial charge in [0.2, 0.25) is 0 Å². The molecule has 0 radical (unpaired) electrons. The quantitative estimate of drug-likeness (QED) is 0.195. The van der Waals surface area contributed by atoms with Gasteiger partial charge in [0.25, 0.3) is 0 Å². The molecular formula is C36H52O2. The van der Waals surface area contributed by atoms with E-state index < -0.39 is 0 Å². The summed E-state index contributed by atoms with van der Waals surface area (Å²) in [6.45, 7) is 12.6. The van der Waals surface area contributed by atoms with E-state index in [4.69, 9.17) is 4.74 Å². The zero-order valence-electron chi connectivity index (χ0n) is 24.8. The number of rotatable bonds is 8. The molecule has 38 heavy (non-hydrogen) atoms. The van der Waals surface area contributed by atoms with Crippen molar-refractivity contribution in [2.75, 3.05) is 0 Å². The number of fused-ring (bicyclic) bond motifs is 5. The Morgan fingerprint density at radius 2 is 1.79 bits per heavy atom. The van der Waals surface area contributed by atoms with Crippen molar-refractivity contribution < 1.29 is 9.53 Å². The molecule has 0 spiro atoms. The Kier molecular flexibility index (Phi) is 8.28. The van der Waals surface area contributed by atoms with Crippen molar-refractivity contribution in [3.05, 3.63) is 53.6 Å². The van der Waals surface area contributed by atoms with Crippen molar-refractivity contribution in [3.63, 3.8) is 0 Å². The number of carbonyl (C=O) groups is 1. The van der Waals surface area contributed by atoms with Crippen LogP contribution in [-0.2, 0) is 9.53 Å². The van der Waals surface area contributed by atoms with Gasteiger partial charge >= 0.3 is 5.97 Å². The molecule has 0 heterocycles. The second-order valence-electron chi connectivity index (χ2n) is 14.3. The van der Waals surface area contributed by atoms with E-state index in [1.165, 1.54) is 57.8 Å². The van der Waals surface area contributed by atoms with Crippen LogP contribution in [0.5, 0.6) is 0 Å². The van der Waals surface area contributed by atoms with Gasteiger partial charge in [0.1, 0.15) is 6.10 Å². The third kappa shape index (κ3) is 5.44. The molecule has 5 rings (SSSR count). The van der Waals surface area contributed by atoms with Crippen LogP contribution < -0.4 is 0 Å². The summed E-state index contributed by atoms with van der Waals surface area (Å²) in [6.07, 6.45) is 20.3. The lowest BCUT2D eigenvalue weighted by Gasteiger charge is -2.58. The minimum Gasteiger partial charge on any atom is -0.459 e. The molecule has 0 bridgehead atoms. The minimum absolute atomic E-state index is 0.0233. The first kappa shape index (κ1) is 27.7. The fourth-order valence-electron chi connectivity index (χ4n) is 9.68. The monoisotopic (exact) mass is 516 g/mol. The van der Waals surface area contributed by atoms with E-state index in [2.05, 4.69) is 40.7 Å². The molecule has 2 nitrogen and oxygen atoms in total. The van der Waals surface area contributed by atoms with Gasteiger partial charge in [0.05, 0.1) is 0 Å². The van der Waals surface area contributed by atoms with E-state index in [0.29, 0.717) is 10.8 Å². The molecule has 0 aliphatic heterocycles. The fraction of sp³-hybridized carbons (Fsp3) is 0.694. The highest BCUT2D eigenvalue weighted by Gasteiger charge is 2.59. The molecule has 4 aliphatic carbocycles. The molecule has 3 saturated carbocycles. The molecule has 208 valence electrons. The van der Waals surface area contributed by atoms with Gasteiger partial charge in [-0.3, -0.25) is 0 Å². The van der Waals surface area contributed by atoms with Crippen molar-refractivity contribution in [1.29, 1.82) is 0 Å². The highest BCUT2D eigenvalue weighted by Crippen LogP contribution is 2.67. The Labute approximate surface area is 232 Å². The summed E-state index contributed by atoms with van der Waals surface area (Å²) >= 11 is 0. The Morgan fingerprint density at radius 1 is 1.00 bits per heavy atom. The average Bonchev–Trinajstić information content (AvgIpc) is 3.25. The van der Waals surface area contributed by atoms with E-state index in [9.17, 15) is 4.79 Å². The van der Waals surface area contributed by atoms with Gasteiger partial charge in [0, 0.05) is 12.5 Å². The Balaban J connectivity index is 1.22. The number of esters is 1. The second-order valence-corrected chi connectivity index (χ2v) is 14.3. The predicted octanol–water partition coefficient (Wildman–Crippen LogP) is 9.65. The third-order valence-corrected chi connectivity index (χ3v) is 11.8. The highest BCUT2D eigenvalue weighted by atomic mass is 16.5. The molecule has 0 aromatic heterocycles. The molecule has 2 heteroatoms. The lowest BCUT2D eigenvalue weighted by atomic mass is 9.47. The largest absolute Gasteiger partial charge is 0.459 e. The summed E-state index contributed by atoms with van der Waals surface area (Å²) in [5, 5.41) is 0. The zero-order chi connectivity index (χ0) is 26.9. The van der Waals surface area contributed by atoms with Crippen molar-refractivity contribution in [1.82, 2.24) is 0 Å². The van der Waals surface area contributed by atoms with Gasteiger partial charge < -0.3 is 4.74 Å².